The Morgan fingerprint density at radius 3 is 2.61 bits per heavy atom. The van der Waals surface area contributed by atoms with Gasteiger partial charge in [0, 0.05) is 0 Å². The van der Waals surface area contributed by atoms with Crippen molar-refractivity contribution in [3.8, 4) is 23.2 Å². The first-order valence-electron chi connectivity index (χ1n) is 8.54. The van der Waals surface area contributed by atoms with Crippen LogP contribution in [0.15, 0.2) is 59.7 Å². The Morgan fingerprint density at radius 2 is 1.87 bits per heavy atom. The highest BCUT2D eigenvalue weighted by Crippen LogP contribution is 2.33. The van der Waals surface area contributed by atoms with Crippen LogP contribution in [0.25, 0.3) is 16.9 Å². The zero-order valence-corrected chi connectivity index (χ0v) is 15.3. The fourth-order valence-corrected chi connectivity index (χ4v) is 2.73. The molecule has 4 aromatic rings. The number of rotatable bonds is 4. The molecule has 0 aliphatic rings. The second kappa shape index (κ2) is 7.48. The summed E-state index contributed by atoms with van der Waals surface area (Å²) < 4.78 is 49.6. The van der Waals surface area contributed by atoms with Gasteiger partial charge in [0.05, 0.1) is 28.9 Å². The van der Waals surface area contributed by atoms with Crippen LogP contribution in [0.1, 0.15) is 5.56 Å². The van der Waals surface area contributed by atoms with Crippen molar-refractivity contribution in [3.05, 3.63) is 70.8 Å². The summed E-state index contributed by atoms with van der Waals surface area (Å²) >= 11 is 0. The molecular weight excluding hydrogens is 421 g/mol. The van der Waals surface area contributed by atoms with Crippen molar-refractivity contribution in [1.29, 1.82) is 0 Å². The molecule has 0 radical (unpaired) electrons. The maximum absolute atomic E-state index is 12.9. The van der Waals surface area contributed by atoms with Crippen molar-refractivity contribution in [2.45, 2.75) is 6.18 Å². The van der Waals surface area contributed by atoms with Gasteiger partial charge in [0.15, 0.2) is 5.75 Å². The van der Waals surface area contributed by atoms with Gasteiger partial charge in [-0.1, -0.05) is 6.07 Å². The number of halogens is 3. The average molecular weight is 432 g/mol. The molecule has 4 rings (SSSR count). The van der Waals surface area contributed by atoms with Crippen molar-refractivity contribution in [3.63, 3.8) is 0 Å². The molecule has 0 aliphatic heterocycles. The van der Waals surface area contributed by atoms with E-state index in [9.17, 15) is 22.8 Å². The Balaban J connectivity index is 1.64. The number of fused-ring (bicyclic) bond motifs is 1. The summed E-state index contributed by atoms with van der Waals surface area (Å²) in [7, 11) is 0. The Kier molecular flexibility index (Phi) is 4.81. The van der Waals surface area contributed by atoms with Crippen LogP contribution in [0.4, 0.5) is 18.0 Å². The lowest BCUT2D eigenvalue weighted by molar-refractivity contribution is -0.137. The minimum atomic E-state index is -4.51. The minimum Gasteiger partial charge on any atom is -0.457 e. The first-order valence-corrected chi connectivity index (χ1v) is 8.54. The van der Waals surface area contributed by atoms with Crippen LogP contribution in [-0.4, -0.2) is 31.0 Å². The fraction of sp³-hybridized carbons (Fsp3) is 0.0526. The van der Waals surface area contributed by atoms with Crippen LogP contribution < -0.4 is 15.0 Å². The van der Waals surface area contributed by atoms with Crippen molar-refractivity contribution in [2.24, 2.45) is 0 Å². The standard InChI is InChI=1S/C19H11F3N4O5/c20-19(21,22)10-2-1-3-11(6-10)30-12-4-5-15-14(7-12)16(27)25-17(24-15)26-9-13(8-23-26)31-18(28)29/h1-9H,(H,28,29)(H,24,25,27). The predicted octanol–water partition coefficient (Wildman–Crippen LogP) is 3.98. The molecular formula is C19H11F3N4O5. The van der Waals surface area contributed by atoms with E-state index in [1.165, 1.54) is 36.5 Å². The topological polar surface area (TPSA) is 119 Å². The molecule has 2 aromatic carbocycles. The van der Waals surface area contributed by atoms with Gasteiger partial charge in [-0.2, -0.15) is 18.3 Å². The van der Waals surface area contributed by atoms with E-state index in [0.29, 0.717) is 0 Å². The Bertz CT molecular complexity index is 1350. The van der Waals surface area contributed by atoms with Crippen molar-refractivity contribution in [1.82, 2.24) is 19.7 Å². The molecule has 0 saturated heterocycles. The summed E-state index contributed by atoms with van der Waals surface area (Å²) in [6.45, 7) is 0. The number of carbonyl (C=O) groups is 1. The van der Waals surface area contributed by atoms with Gasteiger partial charge in [-0.15, -0.1) is 0 Å². The van der Waals surface area contributed by atoms with E-state index < -0.39 is 23.5 Å². The summed E-state index contributed by atoms with van der Waals surface area (Å²) in [4.78, 5) is 29.8. The lowest BCUT2D eigenvalue weighted by Crippen LogP contribution is -2.13. The van der Waals surface area contributed by atoms with E-state index in [1.807, 2.05) is 0 Å². The number of carboxylic acid groups (broad SMARTS) is 1. The third-order valence-corrected chi connectivity index (χ3v) is 4.04. The molecule has 0 bridgehead atoms. The number of aromatic nitrogens is 4. The molecule has 0 spiro atoms. The second-order valence-corrected chi connectivity index (χ2v) is 6.18. The van der Waals surface area contributed by atoms with Gasteiger partial charge in [-0.25, -0.2) is 14.5 Å². The zero-order valence-electron chi connectivity index (χ0n) is 15.3. The quantitative estimate of drug-likeness (QED) is 0.468. The summed E-state index contributed by atoms with van der Waals surface area (Å²) in [6.07, 6.45) is -3.69. The van der Waals surface area contributed by atoms with Gasteiger partial charge >= 0.3 is 12.3 Å². The molecule has 158 valence electrons. The maximum atomic E-state index is 12.9. The molecule has 0 amide bonds. The summed E-state index contributed by atoms with van der Waals surface area (Å²) in [5.74, 6) is 0.0326. The number of nitrogens with zero attached hydrogens (tertiary/aromatic N) is 3. The molecule has 0 atom stereocenters. The molecule has 2 N–H and O–H groups in total. The maximum Gasteiger partial charge on any atom is 0.511 e. The molecule has 2 heterocycles. The van der Waals surface area contributed by atoms with E-state index in [4.69, 9.17) is 9.84 Å². The van der Waals surface area contributed by atoms with Gasteiger partial charge in [0.1, 0.15) is 11.5 Å². The highest BCUT2D eigenvalue weighted by atomic mass is 19.4. The van der Waals surface area contributed by atoms with Crippen molar-refractivity contribution < 1.29 is 32.5 Å². The van der Waals surface area contributed by atoms with Crippen LogP contribution >= 0.6 is 0 Å². The summed E-state index contributed by atoms with van der Waals surface area (Å²) in [5, 5.41) is 12.6. The second-order valence-electron chi connectivity index (χ2n) is 6.18. The van der Waals surface area contributed by atoms with Crippen LogP contribution in [0, 0.1) is 0 Å². The van der Waals surface area contributed by atoms with Crippen LogP contribution in [0.2, 0.25) is 0 Å². The molecule has 31 heavy (non-hydrogen) atoms. The smallest absolute Gasteiger partial charge is 0.457 e. The number of nitrogens with one attached hydrogen (secondary N) is 1. The SMILES string of the molecule is O=C(O)Oc1cnn(-c2nc3ccc(Oc4cccc(C(F)(F)F)c4)cc3c(=O)[nH]2)c1. The fourth-order valence-electron chi connectivity index (χ4n) is 2.73. The number of hydrogen-bond acceptors (Lipinski definition) is 6. The van der Waals surface area contributed by atoms with Gasteiger partial charge in [0.25, 0.3) is 5.56 Å². The molecule has 12 heteroatoms. The molecule has 0 aliphatic carbocycles. The average Bonchev–Trinajstić information content (AvgIpc) is 3.16. The number of benzene rings is 2. The van der Waals surface area contributed by atoms with Crippen LogP contribution in [0.3, 0.4) is 0 Å². The van der Waals surface area contributed by atoms with E-state index in [1.54, 1.807) is 0 Å². The number of aromatic amines is 1. The highest BCUT2D eigenvalue weighted by molar-refractivity contribution is 5.79. The lowest BCUT2D eigenvalue weighted by atomic mass is 10.2. The van der Waals surface area contributed by atoms with Gasteiger partial charge in [0.2, 0.25) is 5.95 Å². The molecule has 2 aromatic heterocycles. The van der Waals surface area contributed by atoms with E-state index in [2.05, 4.69) is 19.8 Å². The third-order valence-electron chi connectivity index (χ3n) is 4.04. The first-order chi connectivity index (χ1) is 14.7. The third kappa shape index (κ3) is 4.32. The predicted molar refractivity (Wildman–Crippen MR) is 99.7 cm³/mol. The van der Waals surface area contributed by atoms with Crippen molar-refractivity contribution in [2.75, 3.05) is 0 Å². The van der Waals surface area contributed by atoms with Gasteiger partial charge in [-0.05, 0) is 36.4 Å². The van der Waals surface area contributed by atoms with Gasteiger partial charge < -0.3 is 14.6 Å². The molecule has 9 nitrogen and oxygen atoms in total. The Labute approximate surface area is 170 Å². The summed E-state index contributed by atoms with van der Waals surface area (Å²) in [5.41, 5.74) is -1.17. The molecule has 0 unspecified atom stereocenters. The lowest BCUT2D eigenvalue weighted by Gasteiger charge is -2.10. The monoisotopic (exact) mass is 432 g/mol. The van der Waals surface area contributed by atoms with Crippen LogP contribution in [0.5, 0.6) is 17.2 Å². The Hall–Kier alpha value is -4.35. The Morgan fingerprint density at radius 1 is 1.10 bits per heavy atom. The van der Waals surface area contributed by atoms with Gasteiger partial charge in [-0.3, -0.25) is 9.78 Å². The van der Waals surface area contributed by atoms with Crippen molar-refractivity contribution >= 4 is 17.1 Å². The molecule has 0 saturated carbocycles. The normalized spacial score (nSPS) is 11.5. The van der Waals surface area contributed by atoms with E-state index in [-0.39, 0.29) is 34.1 Å². The summed E-state index contributed by atoms with van der Waals surface area (Å²) in [6, 6.07) is 8.59. The zero-order chi connectivity index (χ0) is 22.2. The number of H-pyrrole nitrogens is 1. The number of ether oxygens (including phenoxy) is 2. The largest absolute Gasteiger partial charge is 0.511 e. The highest BCUT2D eigenvalue weighted by Gasteiger charge is 2.30. The first kappa shape index (κ1) is 19.9. The number of alkyl halides is 3. The minimum absolute atomic E-state index is 0.00397. The van der Waals surface area contributed by atoms with E-state index in [0.717, 1.165) is 23.0 Å². The van der Waals surface area contributed by atoms with E-state index >= 15 is 0 Å². The molecule has 0 fully saturated rings. The van der Waals surface area contributed by atoms with Crippen LogP contribution in [-0.2, 0) is 6.18 Å². The number of hydrogen-bond donors (Lipinski definition) is 2.